The molecule has 0 saturated carbocycles. The van der Waals surface area contributed by atoms with E-state index in [9.17, 15) is 0 Å². The van der Waals surface area contributed by atoms with E-state index in [4.69, 9.17) is 10.5 Å². The number of aryl methyl sites for hydroxylation is 2. The molecule has 112 valence electrons. The quantitative estimate of drug-likeness (QED) is 0.898. The van der Waals surface area contributed by atoms with Crippen molar-refractivity contribution in [3.63, 3.8) is 0 Å². The molecule has 0 bridgehead atoms. The van der Waals surface area contributed by atoms with Crippen molar-refractivity contribution < 1.29 is 4.74 Å². The van der Waals surface area contributed by atoms with Gasteiger partial charge in [0.05, 0.1) is 6.61 Å². The number of piperidine rings is 1. The van der Waals surface area contributed by atoms with Gasteiger partial charge in [0, 0.05) is 26.2 Å². The predicted molar refractivity (Wildman–Crippen MR) is 83.9 cm³/mol. The number of benzene rings is 1. The highest BCUT2D eigenvalue weighted by Gasteiger charge is 2.26. The fourth-order valence-electron chi connectivity index (χ4n) is 3.45. The fraction of sp³-hybridized carbons (Fsp3) is 0.647. The highest BCUT2D eigenvalue weighted by molar-refractivity contribution is 5.31. The van der Waals surface area contributed by atoms with Crippen molar-refractivity contribution in [1.82, 2.24) is 4.90 Å². The number of rotatable bonds is 5. The van der Waals surface area contributed by atoms with E-state index in [1.807, 2.05) is 0 Å². The van der Waals surface area contributed by atoms with Gasteiger partial charge < -0.3 is 10.5 Å². The average molecular weight is 276 g/mol. The Morgan fingerprint density at radius 1 is 1.30 bits per heavy atom. The van der Waals surface area contributed by atoms with Crippen LogP contribution >= 0.6 is 0 Å². The van der Waals surface area contributed by atoms with Crippen molar-refractivity contribution in [2.45, 2.75) is 32.7 Å². The summed E-state index contributed by atoms with van der Waals surface area (Å²) >= 11 is 0. The van der Waals surface area contributed by atoms with Crippen LogP contribution in [0, 0.1) is 19.8 Å². The van der Waals surface area contributed by atoms with Gasteiger partial charge in [0.1, 0.15) is 0 Å². The number of methoxy groups -OCH3 is 1. The molecule has 1 aliphatic rings. The first-order valence-electron chi connectivity index (χ1n) is 7.65. The highest BCUT2D eigenvalue weighted by Crippen LogP contribution is 2.27. The lowest BCUT2D eigenvalue weighted by Crippen LogP contribution is -2.42. The minimum atomic E-state index is 0.341. The summed E-state index contributed by atoms with van der Waals surface area (Å²) in [6, 6.07) is 7.13. The van der Waals surface area contributed by atoms with Gasteiger partial charge in [0.2, 0.25) is 0 Å². The van der Waals surface area contributed by atoms with E-state index >= 15 is 0 Å². The molecule has 2 atom stereocenters. The Labute approximate surface area is 123 Å². The van der Waals surface area contributed by atoms with Gasteiger partial charge in [-0.25, -0.2) is 0 Å². The molecular weight excluding hydrogens is 248 g/mol. The van der Waals surface area contributed by atoms with Gasteiger partial charge in [0.25, 0.3) is 0 Å². The first-order chi connectivity index (χ1) is 9.63. The van der Waals surface area contributed by atoms with Gasteiger partial charge in [-0.2, -0.15) is 0 Å². The summed E-state index contributed by atoms with van der Waals surface area (Å²) in [5, 5.41) is 0. The van der Waals surface area contributed by atoms with Crippen LogP contribution in [0.25, 0.3) is 0 Å². The van der Waals surface area contributed by atoms with Crippen LogP contribution in [0.2, 0.25) is 0 Å². The largest absolute Gasteiger partial charge is 0.384 e. The standard InChI is InChI=1S/C17H28N2O/c1-13-7-14(2)9-16(8-13)17(10-18)19-6-4-5-15(11-19)12-20-3/h7-9,15,17H,4-6,10-12,18H2,1-3H3. The number of hydrogen-bond acceptors (Lipinski definition) is 3. The van der Waals surface area contributed by atoms with Crippen LogP contribution in [0.15, 0.2) is 18.2 Å². The molecule has 1 aromatic rings. The van der Waals surface area contributed by atoms with Crippen LogP contribution in [-0.2, 0) is 4.74 Å². The summed E-state index contributed by atoms with van der Waals surface area (Å²) in [5.74, 6) is 0.647. The number of nitrogens with zero attached hydrogens (tertiary/aromatic N) is 1. The Bertz CT molecular complexity index is 411. The zero-order chi connectivity index (χ0) is 14.5. The van der Waals surface area contributed by atoms with Crippen LogP contribution in [-0.4, -0.2) is 38.3 Å². The van der Waals surface area contributed by atoms with E-state index < -0.39 is 0 Å². The summed E-state index contributed by atoms with van der Waals surface area (Å²) in [5.41, 5.74) is 10.1. The van der Waals surface area contributed by atoms with Gasteiger partial charge in [-0.3, -0.25) is 4.90 Å². The van der Waals surface area contributed by atoms with Crippen molar-refractivity contribution in [2.24, 2.45) is 11.7 Å². The van der Waals surface area contributed by atoms with E-state index in [0.717, 1.165) is 19.7 Å². The normalized spacial score (nSPS) is 21.9. The fourth-order valence-corrected chi connectivity index (χ4v) is 3.45. The molecule has 3 heteroatoms. The molecule has 1 aliphatic heterocycles. The third-order valence-electron chi connectivity index (χ3n) is 4.25. The maximum atomic E-state index is 6.08. The summed E-state index contributed by atoms with van der Waals surface area (Å²) in [4.78, 5) is 2.54. The van der Waals surface area contributed by atoms with Gasteiger partial charge in [0.15, 0.2) is 0 Å². The van der Waals surface area contributed by atoms with Gasteiger partial charge >= 0.3 is 0 Å². The number of hydrogen-bond donors (Lipinski definition) is 1. The summed E-state index contributed by atoms with van der Waals surface area (Å²) < 4.78 is 5.33. The molecule has 2 N–H and O–H groups in total. The van der Waals surface area contributed by atoms with E-state index in [1.165, 1.54) is 29.5 Å². The number of nitrogens with two attached hydrogens (primary N) is 1. The topological polar surface area (TPSA) is 38.5 Å². The monoisotopic (exact) mass is 276 g/mol. The third-order valence-corrected chi connectivity index (χ3v) is 4.25. The molecular formula is C17H28N2O. The minimum Gasteiger partial charge on any atom is -0.384 e. The first kappa shape index (κ1) is 15.5. The lowest BCUT2D eigenvalue weighted by Gasteiger charge is -2.38. The van der Waals surface area contributed by atoms with E-state index in [-0.39, 0.29) is 0 Å². The van der Waals surface area contributed by atoms with Crippen molar-refractivity contribution in [2.75, 3.05) is 33.4 Å². The molecule has 1 aromatic carbocycles. The predicted octanol–water partition coefficient (Wildman–Crippen LogP) is 2.66. The van der Waals surface area contributed by atoms with Crippen molar-refractivity contribution >= 4 is 0 Å². The van der Waals surface area contributed by atoms with Crippen molar-refractivity contribution in [1.29, 1.82) is 0 Å². The van der Waals surface area contributed by atoms with Crippen LogP contribution in [0.4, 0.5) is 0 Å². The van der Waals surface area contributed by atoms with E-state index in [1.54, 1.807) is 7.11 Å². The summed E-state index contributed by atoms with van der Waals surface area (Å²) in [6.45, 7) is 8.11. The first-order valence-corrected chi connectivity index (χ1v) is 7.65. The van der Waals surface area contributed by atoms with Crippen LogP contribution in [0.1, 0.15) is 35.6 Å². The van der Waals surface area contributed by atoms with Crippen LogP contribution < -0.4 is 5.73 Å². The van der Waals surface area contributed by atoms with Gasteiger partial charge in [-0.05, 0) is 44.7 Å². The highest BCUT2D eigenvalue weighted by atomic mass is 16.5. The van der Waals surface area contributed by atoms with Crippen molar-refractivity contribution in [3.05, 3.63) is 34.9 Å². The molecule has 0 radical (unpaired) electrons. The minimum absolute atomic E-state index is 0.341. The van der Waals surface area contributed by atoms with Crippen molar-refractivity contribution in [3.8, 4) is 0 Å². The van der Waals surface area contributed by atoms with E-state index in [2.05, 4.69) is 36.9 Å². The smallest absolute Gasteiger partial charge is 0.0502 e. The Morgan fingerprint density at radius 2 is 2.00 bits per heavy atom. The second-order valence-corrected chi connectivity index (χ2v) is 6.13. The summed E-state index contributed by atoms with van der Waals surface area (Å²) in [6.07, 6.45) is 2.52. The van der Waals surface area contributed by atoms with Crippen LogP contribution in [0.5, 0.6) is 0 Å². The molecule has 2 rings (SSSR count). The summed E-state index contributed by atoms with van der Waals surface area (Å²) in [7, 11) is 1.79. The zero-order valence-electron chi connectivity index (χ0n) is 13.1. The Kier molecular flexibility index (Phi) is 5.58. The zero-order valence-corrected chi connectivity index (χ0v) is 13.1. The molecule has 1 heterocycles. The number of likely N-dealkylation sites (tertiary alicyclic amines) is 1. The molecule has 0 spiro atoms. The lowest BCUT2D eigenvalue weighted by molar-refractivity contribution is 0.0697. The average Bonchev–Trinajstić information content (AvgIpc) is 2.39. The molecule has 20 heavy (non-hydrogen) atoms. The molecule has 2 unspecified atom stereocenters. The Hall–Kier alpha value is -0.900. The second-order valence-electron chi connectivity index (χ2n) is 6.13. The second kappa shape index (κ2) is 7.21. The van der Waals surface area contributed by atoms with Gasteiger partial charge in [-0.1, -0.05) is 29.3 Å². The molecule has 0 aromatic heterocycles. The Balaban J connectivity index is 2.14. The molecule has 1 fully saturated rings. The molecule has 0 amide bonds. The SMILES string of the molecule is COCC1CCCN(C(CN)c2cc(C)cc(C)c2)C1. The molecule has 1 saturated heterocycles. The molecule has 0 aliphatic carbocycles. The lowest BCUT2D eigenvalue weighted by atomic mass is 9.94. The maximum absolute atomic E-state index is 6.08. The molecule has 3 nitrogen and oxygen atoms in total. The third kappa shape index (κ3) is 3.81. The van der Waals surface area contributed by atoms with E-state index in [0.29, 0.717) is 18.5 Å². The maximum Gasteiger partial charge on any atom is 0.0502 e. The Morgan fingerprint density at radius 3 is 2.60 bits per heavy atom. The van der Waals surface area contributed by atoms with Gasteiger partial charge in [-0.15, -0.1) is 0 Å². The number of ether oxygens (including phenoxy) is 1. The van der Waals surface area contributed by atoms with Crippen LogP contribution in [0.3, 0.4) is 0 Å².